The Morgan fingerprint density at radius 1 is 1.04 bits per heavy atom. The molecule has 25 heavy (non-hydrogen) atoms. The van der Waals surface area contributed by atoms with Crippen molar-refractivity contribution in [3.8, 4) is 0 Å². The first-order valence-corrected chi connectivity index (χ1v) is 9.57. The van der Waals surface area contributed by atoms with E-state index >= 15 is 0 Å². The Morgan fingerprint density at radius 3 is 2.56 bits per heavy atom. The van der Waals surface area contributed by atoms with Crippen LogP contribution in [-0.4, -0.2) is 29.1 Å². The van der Waals surface area contributed by atoms with Crippen LogP contribution in [0.3, 0.4) is 0 Å². The number of amides is 1. The van der Waals surface area contributed by atoms with Gasteiger partial charge >= 0.3 is 0 Å². The van der Waals surface area contributed by atoms with Gasteiger partial charge in [-0.3, -0.25) is 14.7 Å². The van der Waals surface area contributed by atoms with E-state index in [0.29, 0.717) is 13.1 Å². The number of carbonyl (C=O) groups excluding carboxylic acids is 1. The van der Waals surface area contributed by atoms with Crippen molar-refractivity contribution in [2.24, 2.45) is 4.99 Å². The highest BCUT2D eigenvalue weighted by atomic mass is 32.2. The SMILES string of the molecule is Cc1ccc(C)c(CSC2=NCCN2C(=O)c2ccc(C)c(C)c2)c1. The molecule has 0 aliphatic carbocycles. The van der Waals surface area contributed by atoms with Gasteiger partial charge in [-0.15, -0.1) is 0 Å². The molecule has 0 aromatic heterocycles. The lowest BCUT2D eigenvalue weighted by Gasteiger charge is -2.19. The van der Waals surface area contributed by atoms with Crippen molar-refractivity contribution < 1.29 is 4.79 Å². The lowest BCUT2D eigenvalue weighted by atomic mass is 10.1. The predicted octanol–water partition coefficient (Wildman–Crippen LogP) is 4.67. The summed E-state index contributed by atoms with van der Waals surface area (Å²) in [6.45, 7) is 9.69. The maximum absolute atomic E-state index is 12.9. The Labute approximate surface area is 154 Å². The lowest BCUT2D eigenvalue weighted by molar-refractivity contribution is 0.0860. The number of aryl methyl sites for hydroxylation is 4. The molecule has 0 fully saturated rings. The summed E-state index contributed by atoms with van der Waals surface area (Å²) >= 11 is 1.65. The molecule has 0 atom stereocenters. The van der Waals surface area contributed by atoms with E-state index in [1.807, 2.05) is 30.0 Å². The van der Waals surface area contributed by atoms with E-state index in [4.69, 9.17) is 0 Å². The zero-order valence-electron chi connectivity index (χ0n) is 15.3. The molecule has 1 heterocycles. The summed E-state index contributed by atoms with van der Waals surface area (Å²) in [6, 6.07) is 12.4. The first-order valence-electron chi connectivity index (χ1n) is 8.58. The lowest BCUT2D eigenvalue weighted by Crippen LogP contribution is -2.32. The second kappa shape index (κ2) is 7.44. The van der Waals surface area contributed by atoms with E-state index in [1.165, 1.54) is 22.3 Å². The minimum absolute atomic E-state index is 0.0489. The molecule has 2 aromatic rings. The van der Waals surface area contributed by atoms with Crippen molar-refractivity contribution in [1.29, 1.82) is 0 Å². The second-order valence-corrected chi connectivity index (χ2v) is 7.58. The van der Waals surface area contributed by atoms with Crippen LogP contribution in [0.4, 0.5) is 0 Å². The van der Waals surface area contributed by atoms with Crippen LogP contribution in [0.1, 0.15) is 38.2 Å². The van der Waals surface area contributed by atoms with Gasteiger partial charge in [0, 0.05) is 17.9 Å². The molecule has 0 radical (unpaired) electrons. The fraction of sp³-hybridized carbons (Fsp3) is 0.333. The highest BCUT2D eigenvalue weighted by Gasteiger charge is 2.25. The number of hydrogen-bond acceptors (Lipinski definition) is 3. The number of benzene rings is 2. The summed E-state index contributed by atoms with van der Waals surface area (Å²) in [4.78, 5) is 19.3. The van der Waals surface area contributed by atoms with Crippen molar-refractivity contribution in [2.75, 3.05) is 13.1 Å². The van der Waals surface area contributed by atoms with Crippen LogP contribution in [0.25, 0.3) is 0 Å². The number of amidine groups is 1. The first kappa shape index (κ1) is 17.7. The highest BCUT2D eigenvalue weighted by Crippen LogP contribution is 2.24. The average molecular weight is 353 g/mol. The van der Waals surface area contributed by atoms with Crippen molar-refractivity contribution in [1.82, 2.24) is 4.90 Å². The fourth-order valence-electron chi connectivity index (χ4n) is 2.87. The zero-order chi connectivity index (χ0) is 18.0. The van der Waals surface area contributed by atoms with E-state index in [0.717, 1.165) is 22.0 Å². The molecule has 2 aromatic carbocycles. The van der Waals surface area contributed by atoms with Crippen LogP contribution >= 0.6 is 11.8 Å². The Balaban J connectivity index is 1.72. The van der Waals surface area contributed by atoms with Gasteiger partial charge in [0.05, 0.1) is 6.54 Å². The molecule has 4 heteroatoms. The normalized spacial score (nSPS) is 13.9. The van der Waals surface area contributed by atoms with Crippen molar-refractivity contribution in [3.63, 3.8) is 0 Å². The number of nitrogens with zero attached hydrogens (tertiary/aromatic N) is 2. The number of carbonyl (C=O) groups is 1. The van der Waals surface area contributed by atoms with Gasteiger partial charge in [0.2, 0.25) is 0 Å². The monoisotopic (exact) mass is 352 g/mol. The molecule has 0 bridgehead atoms. The molecule has 1 aliphatic heterocycles. The number of thioether (sulfide) groups is 1. The molecule has 1 aliphatic rings. The van der Waals surface area contributed by atoms with Gasteiger partial charge in [-0.25, -0.2) is 0 Å². The van der Waals surface area contributed by atoms with Gasteiger partial charge in [0.25, 0.3) is 5.91 Å². The van der Waals surface area contributed by atoms with Crippen LogP contribution in [0.5, 0.6) is 0 Å². The fourth-order valence-corrected chi connectivity index (χ4v) is 3.98. The minimum atomic E-state index is 0.0489. The maximum Gasteiger partial charge on any atom is 0.259 e. The molecule has 130 valence electrons. The van der Waals surface area contributed by atoms with E-state index in [2.05, 4.69) is 44.0 Å². The number of hydrogen-bond donors (Lipinski definition) is 0. The predicted molar refractivity (Wildman–Crippen MR) is 106 cm³/mol. The van der Waals surface area contributed by atoms with Crippen molar-refractivity contribution >= 4 is 22.8 Å². The van der Waals surface area contributed by atoms with E-state index in [9.17, 15) is 4.79 Å². The molecule has 0 N–H and O–H groups in total. The van der Waals surface area contributed by atoms with Gasteiger partial charge < -0.3 is 0 Å². The Bertz CT molecular complexity index is 842. The topological polar surface area (TPSA) is 32.7 Å². The van der Waals surface area contributed by atoms with E-state index < -0.39 is 0 Å². The summed E-state index contributed by atoms with van der Waals surface area (Å²) < 4.78 is 0. The molecular formula is C21H24N2OS. The summed E-state index contributed by atoms with van der Waals surface area (Å²) in [5, 5.41) is 0.837. The third-order valence-corrected chi connectivity index (χ3v) is 5.73. The summed E-state index contributed by atoms with van der Waals surface area (Å²) in [7, 11) is 0. The standard InChI is InChI=1S/C21H24N2OS/c1-14-5-6-16(3)19(11-14)13-25-21-22-9-10-23(21)20(24)18-8-7-15(2)17(4)12-18/h5-8,11-12H,9-10,13H2,1-4H3. The molecule has 0 saturated carbocycles. The largest absolute Gasteiger partial charge is 0.286 e. The molecular weight excluding hydrogens is 328 g/mol. The van der Waals surface area contributed by atoms with Crippen molar-refractivity contribution in [3.05, 3.63) is 69.8 Å². The Kier molecular flexibility index (Phi) is 5.28. The van der Waals surface area contributed by atoms with Crippen LogP contribution in [0.2, 0.25) is 0 Å². The average Bonchev–Trinajstić information content (AvgIpc) is 3.06. The third-order valence-electron chi connectivity index (χ3n) is 4.66. The molecule has 1 amide bonds. The smallest absolute Gasteiger partial charge is 0.259 e. The molecule has 3 nitrogen and oxygen atoms in total. The molecule has 3 rings (SSSR count). The Morgan fingerprint density at radius 2 is 1.80 bits per heavy atom. The quantitative estimate of drug-likeness (QED) is 0.804. The highest BCUT2D eigenvalue weighted by molar-refractivity contribution is 8.13. The number of rotatable bonds is 3. The summed E-state index contributed by atoms with van der Waals surface area (Å²) in [5.74, 6) is 0.885. The Hall–Kier alpha value is -2.07. The van der Waals surface area contributed by atoms with E-state index in [-0.39, 0.29) is 5.91 Å². The molecule has 0 unspecified atom stereocenters. The van der Waals surface area contributed by atoms with Gasteiger partial charge in [0.15, 0.2) is 5.17 Å². The summed E-state index contributed by atoms with van der Waals surface area (Å²) in [6.07, 6.45) is 0. The van der Waals surface area contributed by atoms with Crippen LogP contribution < -0.4 is 0 Å². The van der Waals surface area contributed by atoms with Crippen LogP contribution in [0.15, 0.2) is 41.4 Å². The zero-order valence-corrected chi connectivity index (χ0v) is 16.1. The summed E-state index contributed by atoms with van der Waals surface area (Å²) in [5.41, 5.74) is 6.94. The van der Waals surface area contributed by atoms with Crippen molar-refractivity contribution in [2.45, 2.75) is 33.4 Å². The molecule has 0 saturated heterocycles. The molecule has 0 spiro atoms. The van der Waals surface area contributed by atoms with E-state index in [1.54, 1.807) is 11.8 Å². The van der Waals surface area contributed by atoms with Gasteiger partial charge in [-0.1, -0.05) is 41.6 Å². The number of aliphatic imine (C=N–C) groups is 1. The maximum atomic E-state index is 12.9. The van der Waals surface area contributed by atoms with Crippen LogP contribution in [-0.2, 0) is 5.75 Å². The second-order valence-electron chi connectivity index (χ2n) is 6.64. The third kappa shape index (κ3) is 3.96. The van der Waals surface area contributed by atoms with Gasteiger partial charge in [0.1, 0.15) is 0 Å². The van der Waals surface area contributed by atoms with Gasteiger partial charge in [-0.05, 0) is 62.1 Å². The minimum Gasteiger partial charge on any atom is -0.286 e. The van der Waals surface area contributed by atoms with Crippen LogP contribution in [0, 0.1) is 27.7 Å². The van der Waals surface area contributed by atoms with Gasteiger partial charge in [-0.2, -0.15) is 0 Å². The first-order chi connectivity index (χ1) is 12.0.